The van der Waals surface area contributed by atoms with Crippen molar-refractivity contribution in [3.05, 3.63) is 29.3 Å². The molecule has 0 spiro atoms. The second kappa shape index (κ2) is 5.07. The maximum atomic E-state index is 12.6. The summed E-state index contributed by atoms with van der Waals surface area (Å²) in [6.45, 7) is 3.12. The van der Waals surface area contributed by atoms with Gasteiger partial charge in [0, 0.05) is 5.69 Å². The van der Waals surface area contributed by atoms with E-state index < -0.39 is 17.8 Å². The molecule has 17 heavy (non-hydrogen) atoms. The molecule has 0 bridgehead atoms. The number of carbonyl (C=O) groups excluding carboxylic acids is 1. The third-order valence-corrected chi connectivity index (χ3v) is 2.06. The molecule has 0 aliphatic carbocycles. The van der Waals surface area contributed by atoms with E-state index in [9.17, 15) is 18.0 Å². The van der Waals surface area contributed by atoms with Crippen LogP contribution in [0.25, 0.3) is 0 Å². The molecule has 0 aromatic heterocycles. The maximum absolute atomic E-state index is 12.6. The molecule has 0 radical (unpaired) electrons. The fourth-order valence-electron chi connectivity index (χ4n) is 1.29. The standard InChI is InChI=1S/C11H12F3NO2/c1-3-17-10(16)15-8-5-4-7(2)9(6-8)11(12,13)14/h4-6H,3H2,1-2H3,(H,15,16). The number of ether oxygens (including phenoxy) is 1. The smallest absolute Gasteiger partial charge is 0.416 e. The van der Waals surface area contributed by atoms with Gasteiger partial charge in [0.15, 0.2) is 0 Å². The number of alkyl halides is 3. The Morgan fingerprint density at radius 3 is 2.59 bits per heavy atom. The maximum Gasteiger partial charge on any atom is 0.416 e. The van der Waals surface area contributed by atoms with Crippen molar-refractivity contribution in [3.8, 4) is 0 Å². The SMILES string of the molecule is CCOC(=O)Nc1ccc(C)c(C(F)(F)F)c1. The van der Waals surface area contributed by atoms with E-state index in [1.165, 1.54) is 19.1 Å². The Hall–Kier alpha value is -1.72. The average Bonchev–Trinajstić information content (AvgIpc) is 2.19. The number of anilines is 1. The number of aryl methyl sites for hydroxylation is 1. The summed E-state index contributed by atoms with van der Waals surface area (Å²) in [5.41, 5.74) is -0.611. The molecular weight excluding hydrogens is 235 g/mol. The van der Waals surface area contributed by atoms with E-state index in [2.05, 4.69) is 10.1 Å². The number of hydrogen-bond donors (Lipinski definition) is 1. The Kier molecular flexibility index (Phi) is 3.98. The second-order valence-corrected chi connectivity index (χ2v) is 3.37. The Bertz CT molecular complexity index is 416. The highest BCUT2D eigenvalue weighted by molar-refractivity contribution is 5.84. The van der Waals surface area contributed by atoms with Crippen molar-refractivity contribution in [1.29, 1.82) is 0 Å². The number of benzene rings is 1. The van der Waals surface area contributed by atoms with Crippen LogP contribution in [0.4, 0.5) is 23.7 Å². The van der Waals surface area contributed by atoms with Gasteiger partial charge in [-0.1, -0.05) is 6.07 Å². The third-order valence-electron chi connectivity index (χ3n) is 2.06. The quantitative estimate of drug-likeness (QED) is 0.867. The van der Waals surface area contributed by atoms with Gasteiger partial charge in [0.25, 0.3) is 0 Å². The summed E-state index contributed by atoms with van der Waals surface area (Å²) >= 11 is 0. The van der Waals surface area contributed by atoms with Gasteiger partial charge >= 0.3 is 12.3 Å². The lowest BCUT2D eigenvalue weighted by atomic mass is 10.1. The first kappa shape index (κ1) is 13.3. The monoisotopic (exact) mass is 247 g/mol. The van der Waals surface area contributed by atoms with E-state index in [0.717, 1.165) is 6.07 Å². The number of rotatable bonds is 2. The van der Waals surface area contributed by atoms with Crippen LogP contribution in [0, 0.1) is 6.92 Å². The minimum absolute atomic E-state index is 0.0568. The van der Waals surface area contributed by atoms with Crippen molar-refractivity contribution < 1.29 is 22.7 Å². The summed E-state index contributed by atoms with van der Waals surface area (Å²) in [6.07, 6.45) is -5.21. The molecular formula is C11H12F3NO2. The molecule has 1 rings (SSSR count). The number of carbonyl (C=O) groups is 1. The third kappa shape index (κ3) is 3.65. The Labute approximate surface area is 96.6 Å². The van der Waals surface area contributed by atoms with Gasteiger partial charge in [0.1, 0.15) is 0 Å². The highest BCUT2D eigenvalue weighted by Gasteiger charge is 2.32. The van der Waals surface area contributed by atoms with Crippen LogP contribution in [-0.4, -0.2) is 12.7 Å². The molecule has 0 unspecified atom stereocenters. The highest BCUT2D eigenvalue weighted by Crippen LogP contribution is 2.33. The molecule has 0 saturated heterocycles. The number of amides is 1. The number of halogens is 3. The van der Waals surface area contributed by atoms with Crippen LogP contribution in [0.3, 0.4) is 0 Å². The molecule has 1 aromatic carbocycles. The fraction of sp³-hybridized carbons (Fsp3) is 0.364. The van der Waals surface area contributed by atoms with Gasteiger partial charge in [-0.3, -0.25) is 5.32 Å². The number of hydrogen-bond acceptors (Lipinski definition) is 2. The van der Waals surface area contributed by atoms with Crippen LogP contribution < -0.4 is 5.32 Å². The summed E-state index contributed by atoms with van der Waals surface area (Å²) in [5.74, 6) is 0. The molecule has 0 heterocycles. The van der Waals surface area contributed by atoms with Gasteiger partial charge in [-0.25, -0.2) is 4.79 Å². The second-order valence-electron chi connectivity index (χ2n) is 3.37. The van der Waals surface area contributed by atoms with Crippen LogP contribution >= 0.6 is 0 Å². The van der Waals surface area contributed by atoms with Crippen molar-refractivity contribution in [2.24, 2.45) is 0 Å². The normalized spacial score (nSPS) is 11.1. The van der Waals surface area contributed by atoms with Crippen LogP contribution in [0.2, 0.25) is 0 Å². The summed E-state index contributed by atoms with van der Waals surface area (Å²) in [4.78, 5) is 11.0. The zero-order valence-electron chi connectivity index (χ0n) is 9.39. The van der Waals surface area contributed by atoms with Gasteiger partial charge in [0.2, 0.25) is 0 Å². The Morgan fingerprint density at radius 1 is 1.41 bits per heavy atom. The van der Waals surface area contributed by atoms with Crippen molar-refractivity contribution in [2.45, 2.75) is 20.0 Å². The molecule has 0 aliphatic heterocycles. The van der Waals surface area contributed by atoms with Crippen molar-refractivity contribution in [3.63, 3.8) is 0 Å². The molecule has 3 nitrogen and oxygen atoms in total. The van der Waals surface area contributed by atoms with Crippen LogP contribution in [0.1, 0.15) is 18.1 Å². The summed E-state index contributed by atoms with van der Waals surface area (Å²) in [5, 5.41) is 2.22. The predicted octanol–water partition coefficient (Wildman–Crippen LogP) is 3.58. The van der Waals surface area contributed by atoms with Crippen molar-refractivity contribution >= 4 is 11.8 Å². The zero-order chi connectivity index (χ0) is 13.1. The predicted molar refractivity (Wildman–Crippen MR) is 56.8 cm³/mol. The summed E-state index contributed by atoms with van der Waals surface area (Å²) < 4.78 is 42.3. The summed E-state index contributed by atoms with van der Waals surface area (Å²) in [7, 11) is 0. The van der Waals surface area contributed by atoms with E-state index >= 15 is 0 Å². The largest absolute Gasteiger partial charge is 0.450 e. The first-order valence-electron chi connectivity index (χ1n) is 4.96. The zero-order valence-corrected chi connectivity index (χ0v) is 9.39. The van der Waals surface area contributed by atoms with Crippen LogP contribution in [0.5, 0.6) is 0 Å². The molecule has 94 valence electrons. The molecule has 6 heteroatoms. The Morgan fingerprint density at radius 2 is 2.06 bits per heavy atom. The molecule has 0 fully saturated rings. The fourth-order valence-corrected chi connectivity index (χ4v) is 1.29. The van der Waals surface area contributed by atoms with Crippen LogP contribution in [-0.2, 0) is 10.9 Å². The average molecular weight is 247 g/mol. The van der Waals surface area contributed by atoms with Crippen LogP contribution in [0.15, 0.2) is 18.2 Å². The lowest BCUT2D eigenvalue weighted by Crippen LogP contribution is -2.14. The molecule has 0 saturated carbocycles. The minimum atomic E-state index is -4.43. The molecule has 1 amide bonds. The topological polar surface area (TPSA) is 38.3 Å². The van der Waals surface area contributed by atoms with Crippen molar-refractivity contribution in [2.75, 3.05) is 11.9 Å². The minimum Gasteiger partial charge on any atom is -0.450 e. The van der Waals surface area contributed by atoms with Gasteiger partial charge in [-0.2, -0.15) is 13.2 Å². The van der Waals surface area contributed by atoms with E-state index in [1.807, 2.05) is 0 Å². The molecule has 0 atom stereocenters. The van der Waals surface area contributed by atoms with Gasteiger partial charge in [0.05, 0.1) is 12.2 Å². The van der Waals surface area contributed by atoms with E-state index in [0.29, 0.717) is 0 Å². The summed E-state index contributed by atoms with van der Waals surface area (Å²) in [6, 6.07) is 3.57. The van der Waals surface area contributed by atoms with E-state index in [1.54, 1.807) is 6.92 Å². The van der Waals surface area contributed by atoms with E-state index in [-0.39, 0.29) is 17.9 Å². The lowest BCUT2D eigenvalue weighted by molar-refractivity contribution is -0.138. The molecule has 1 N–H and O–H groups in total. The Balaban J connectivity index is 2.93. The molecule has 0 aliphatic rings. The number of nitrogens with one attached hydrogen (secondary N) is 1. The van der Waals surface area contributed by atoms with E-state index in [4.69, 9.17) is 0 Å². The lowest BCUT2D eigenvalue weighted by Gasteiger charge is -2.12. The highest BCUT2D eigenvalue weighted by atomic mass is 19.4. The molecule has 1 aromatic rings. The van der Waals surface area contributed by atoms with Gasteiger partial charge in [-0.05, 0) is 31.5 Å². The van der Waals surface area contributed by atoms with Crippen molar-refractivity contribution in [1.82, 2.24) is 0 Å². The first-order valence-corrected chi connectivity index (χ1v) is 4.96. The first-order chi connectivity index (χ1) is 7.84. The van der Waals surface area contributed by atoms with Gasteiger partial charge in [-0.15, -0.1) is 0 Å². The van der Waals surface area contributed by atoms with Gasteiger partial charge < -0.3 is 4.74 Å².